The summed E-state index contributed by atoms with van der Waals surface area (Å²) in [6, 6.07) is 5.76. The predicted octanol–water partition coefficient (Wildman–Crippen LogP) is 2.17. The SMILES string of the molecule is OC1NC[C@@]2(c3ccc(Cl)c(Cl)c3)CC12. The summed E-state index contributed by atoms with van der Waals surface area (Å²) in [4.78, 5) is 0. The van der Waals surface area contributed by atoms with Crippen LogP contribution in [0, 0.1) is 5.92 Å². The minimum atomic E-state index is -0.362. The molecule has 1 aliphatic carbocycles. The van der Waals surface area contributed by atoms with E-state index in [4.69, 9.17) is 23.2 Å². The van der Waals surface area contributed by atoms with Crippen LogP contribution < -0.4 is 5.32 Å². The van der Waals surface area contributed by atoms with Gasteiger partial charge in [-0.1, -0.05) is 29.3 Å². The van der Waals surface area contributed by atoms with Gasteiger partial charge in [-0.3, -0.25) is 5.32 Å². The molecular weight excluding hydrogens is 233 g/mol. The largest absolute Gasteiger partial charge is 0.378 e. The highest BCUT2D eigenvalue weighted by Crippen LogP contribution is 2.58. The molecule has 0 spiro atoms. The molecule has 2 aliphatic rings. The molecule has 1 heterocycles. The molecule has 1 aromatic carbocycles. The van der Waals surface area contributed by atoms with Crippen molar-refractivity contribution in [2.24, 2.45) is 5.92 Å². The Bertz CT molecular complexity index is 423. The molecule has 0 aromatic heterocycles. The second kappa shape index (κ2) is 3.11. The van der Waals surface area contributed by atoms with Gasteiger partial charge in [-0.15, -0.1) is 0 Å². The first-order valence-electron chi connectivity index (χ1n) is 5.00. The van der Waals surface area contributed by atoms with E-state index in [0.717, 1.165) is 13.0 Å². The van der Waals surface area contributed by atoms with Crippen LogP contribution in [-0.2, 0) is 5.41 Å². The summed E-state index contributed by atoms with van der Waals surface area (Å²) in [7, 11) is 0. The number of aliphatic hydroxyl groups is 1. The lowest BCUT2D eigenvalue weighted by Crippen LogP contribution is -2.26. The number of hydrogen-bond acceptors (Lipinski definition) is 2. The van der Waals surface area contributed by atoms with Crippen molar-refractivity contribution >= 4 is 23.2 Å². The monoisotopic (exact) mass is 243 g/mol. The smallest absolute Gasteiger partial charge is 0.108 e. The van der Waals surface area contributed by atoms with E-state index >= 15 is 0 Å². The molecule has 15 heavy (non-hydrogen) atoms. The van der Waals surface area contributed by atoms with Gasteiger partial charge in [0, 0.05) is 17.9 Å². The van der Waals surface area contributed by atoms with Crippen LogP contribution in [0.4, 0.5) is 0 Å². The van der Waals surface area contributed by atoms with Gasteiger partial charge in [0.2, 0.25) is 0 Å². The molecule has 2 fully saturated rings. The van der Waals surface area contributed by atoms with Crippen molar-refractivity contribution in [3.63, 3.8) is 0 Å². The standard InChI is InChI=1S/C11H11Cl2NO/c12-8-2-1-6(3-9(8)13)11-4-7(11)10(15)14-5-11/h1-3,7,10,14-15H,4-5H2/t7?,10?,11-/m1/s1. The van der Waals surface area contributed by atoms with E-state index in [9.17, 15) is 5.11 Å². The fraction of sp³-hybridized carbons (Fsp3) is 0.455. The second-order valence-electron chi connectivity index (χ2n) is 4.42. The highest BCUT2D eigenvalue weighted by Gasteiger charge is 2.62. The maximum Gasteiger partial charge on any atom is 0.108 e. The molecule has 1 saturated heterocycles. The average Bonchev–Trinajstić information content (AvgIpc) is 2.88. The average molecular weight is 244 g/mol. The Balaban J connectivity index is 1.98. The molecule has 0 amide bonds. The molecule has 1 aromatic rings. The molecule has 2 N–H and O–H groups in total. The number of fused-ring (bicyclic) bond motifs is 1. The van der Waals surface area contributed by atoms with E-state index in [1.54, 1.807) is 0 Å². The van der Waals surface area contributed by atoms with Crippen LogP contribution >= 0.6 is 23.2 Å². The maximum absolute atomic E-state index is 9.62. The summed E-state index contributed by atoms with van der Waals surface area (Å²) in [5.74, 6) is 0.342. The third kappa shape index (κ3) is 1.32. The Kier molecular flexibility index (Phi) is 2.05. The molecule has 4 heteroatoms. The lowest BCUT2D eigenvalue weighted by molar-refractivity contribution is 0.136. The normalized spacial score (nSPS) is 37.8. The number of benzene rings is 1. The van der Waals surface area contributed by atoms with E-state index in [0.29, 0.717) is 16.0 Å². The van der Waals surface area contributed by atoms with E-state index in [2.05, 4.69) is 5.32 Å². The van der Waals surface area contributed by atoms with Crippen LogP contribution in [0.15, 0.2) is 18.2 Å². The molecule has 3 rings (SSSR count). The Hall–Kier alpha value is -0.280. The number of rotatable bonds is 1. The summed E-state index contributed by atoms with van der Waals surface area (Å²) < 4.78 is 0. The lowest BCUT2D eigenvalue weighted by atomic mass is 9.95. The Morgan fingerprint density at radius 2 is 2.13 bits per heavy atom. The Morgan fingerprint density at radius 1 is 1.33 bits per heavy atom. The molecule has 80 valence electrons. The van der Waals surface area contributed by atoms with Gasteiger partial charge in [0.25, 0.3) is 0 Å². The summed E-state index contributed by atoms with van der Waals surface area (Å²) in [6.07, 6.45) is 0.679. The molecule has 0 bridgehead atoms. The summed E-state index contributed by atoms with van der Waals surface area (Å²) in [5.41, 5.74) is 1.29. The summed E-state index contributed by atoms with van der Waals surface area (Å²) in [5, 5.41) is 13.9. The first kappa shape index (κ1) is 9.91. The van der Waals surface area contributed by atoms with Gasteiger partial charge in [-0.2, -0.15) is 0 Å². The van der Waals surface area contributed by atoms with Crippen LogP contribution in [0.3, 0.4) is 0 Å². The molecule has 1 aliphatic heterocycles. The summed E-state index contributed by atoms with van der Waals surface area (Å²) >= 11 is 11.9. The van der Waals surface area contributed by atoms with Crippen molar-refractivity contribution in [2.45, 2.75) is 18.1 Å². The van der Waals surface area contributed by atoms with Crippen molar-refractivity contribution in [3.8, 4) is 0 Å². The number of halogens is 2. The highest BCUT2D eigenvalue weighted by atomic mass is 35.5. The van der Waals surface area contributed by atoms with Gasteiger partial charge in [0.05, 0.1) is 10.0 Å². The van der Waals surface area contributed by atoms with Crippen LogP contribution in [0.5, 0.6) is 0 Å². The summed E-state index contributed by atoms with van der Waals surface area (Å²) in [6.45, 7) is 0.830. The minimum absolute atomic E-state index is 0.105. The minimum Gasteiger partial charge on any atom is -0.378 e. The van der Waals surface area contributed by atoms with Crippen LogP contribution in [-0.4, -0.2) is 17.9 Å². The fourth-order valence-electron chi connectivity index (χ4n) is 2.62. The van der Waals surface area contributed by atoms with E-state index in [1.807, 2.05) is 18.2 Å². The van der Waals surface area contributed by atoms with Crippen LogP contribution in [0.25, 0.3) is 0 Å². The van der Waals surface area contributed by atoms with Crippen molar-refractivity contribution in [2.75, 3.05) is 6.54 Å². The van der Waals surface area contributed by atoms with Crippen LogP contribution in [0.1, 0.15) is 12.0 Å². The molecule has 2 unspecified atom stereocenters. The molecule has 0 radical (unpaired) electrons. The van der Waals surface area contributed by atoms with Gasteiger partial charge in [-0.25, -0.2) is 0 Å². The van der Waals surface area contributed by atoms with Gasteiger partial charge >= 0.3 is 0 Å². The van der Waals surface area contributed by atoms with Crippen molar-refractivity contribution < 1.29 is 5.11 Å². The first-order chi connectivity index (χ1) is 7.13. The van der Waals surface area contributed by atoms with Crippen molar-refractivity contribution in [1.82, 2.24) is 5.32 Å². The number of piperidine rings is 1. The lowest BCUT2D eigenvalue weighted by Gasteiger charge is -2.12. The number of aliphatic hydroxyl groups excluding tert-OH is 1. The molecular formula is C11H11Cl2NO. The number of nitrogens with one attached hydrogen (secondary N) is 1. The zero-order valence-electron chi connectivity index (χ0n) is 8.00. The third-order valence-electron chi connectivity index (χ3n) is 3.64. The molecule has 3 atom stereocenters. The van der Waals surface area contributed by atoms with Crippen molar-refractivity contribution in [1.29, 1.82) is 0 Å². The van der Waals surface area contributed by atoms with E-state index < -0.39 is 0 Å². The second-order valence-corrected chi connectivity index (χ2v) is 5.24. The van der Waals surface area contributed by atoms with Crippen LogP contribution in [0.2, 0.25) is 10.0 Å². The molecule has 2 nitrogen and oxygen atoms in total. The van der Waals surface area contributed by atoms with Gasteiger partial charge in [0.15, 0.2) is 0 Å². The third-order valence-corrected chi connectivity index (χ3v) is 4.38. The fourth-order valence-corrected chi connectivity index (χ4v) is 2.92. The zero-order valence-corrected chi connectivity index (χ0v) is 9.52. The quantitative estimate of drug-likeness (QED) is 0.793. The van der Waals surface area contributed by atoms with E-state index in [1.165, 1.54) is 5.56 Å². The predicted molar refractivity (Wildman–Crippen MR) is 60.3 cm³/mol. The number of hydrogen-bond donors (Lipinski definition) is 2. The Morgan fingerprint density at radius 3 is 2.67 bits per heavy atom. The first-order valence-corrected chi connectivity index (χ1v) is 5.76. The van der Waals surface area contributed by atoms with Gasteiger partial charge in [-0.05, 0) is 24.1 Å². The zero-order chi connectivity index (χ0) is 10.6. The highest BCUT2D eigenvalue weighted by molar-refractivity contribution is 6.42. The van der Waals surface area contributed by atoms with Gasteiger partial charge < -0.3 is 5.11 Å². The Labute approximate surface area is 98.2 Å². The topological polar surface area (TPSA) is 32.3 Å². The van der Waals surface area contributed by atoms with Crippen molar-refractivity contribution in [3.05, 3.63) is 33.8 Å². The molecule has 1 saturated carbocycles. The maximum atomic E-state index is 9.62. The van der Waals surface area contributed by atoms with Gasteiger partial charge in [0.1, 0.15) is 6.23 Å². The van der Waals surface area contributed by atoms with E-state index in [-0.39, 0.29) is 11.6 Å².